The lowest BCUT2D eigenvalue weighted by atomic mass is 10.0. The molecule has 2 rings (SSSR count). The summed E-state index contributed by atoms with van der Waals surface area (Å²) in [5, 5.41) is 9.60. The summed E-state index contributed by atoms with van der Waals surface area (Å²) in [5.74, 6) is 0. The monoisotopic (exact) mass is 156 g/mol. The van der Waals surface area contributed by atoms with Gasteiger partial charge in [-0.3, -0.25) is 0 Å². The van der Waals surface area contributed by atoms with Crippen LogP contribution in [0.2, 0.25) is 0 Å². The summed E-state index contributed by atoms with van der Waals surface area (Å²) in [7, 11) is 0. The second kappa shape index (κ2) is 2.76. The summed E-state index contributed by atoms with van der Waals surface area (Å²) in [6.45, 7) is 0.904. The molecule has 0 bridgehead atoms. The van der Waals surface area contributed by atoms with Gasteiger partial charge in [-0.1, -0.05) is 0 Å². The van der Waals surface area contributed by atoms with Crippen LogP contribution in [0.25, 0.3) is 0 Å². The Labute approximate surface area is 67.6 Å². The summed E-state index contributed by atoms with van der Waals surface area (Å²) in [6.07, 6.45) is 6.86. The quantitative estimate of drug-likeness (QED) is 0.656. The highest BCUT2D eigenvalue weighted by atomic mass is 16.5. The molecule has 2 aliphatic rings. The van der Waals surface area contributed by atoms with Crippen LogP contribution in [-0.2, 0) is 4.74 Å². The predicted molar refractivity (Wildman–Crippen MR) is 42.4 cm³/mol. The lowest BCUT2D eigenvalue weighted by Crippen LogP contribution is -2.25. The molecule has 0 amide bonds. The highest BCUT2D eigenvalue weighted by Gasteiger charge is 2.42. The molecule has 2 heteroatoms. The number of rotatable bonds is 2. The Hall–Kier alpha value is -0.0800. The molecule has 0 aromatic heterocycles. The van der Waals surface area contributed by atoms with Crippen LogP contribution in [0.5, 0.6) is 0 Å². The molecule has 0 spiro atoms. The van der Waals surface area contributed by atoms with Gasteiger partial charge in [0.15, 0.2) is 0 Å². The van der Waals surface area contributed by atoms with E-state index in [2.05, 4.69) is 0 Å². The van der Waals surface area contributed by atoms with Gasteiger partial charge in [0.05, 0.1) is 11.7 Å². The van der Waals surface area contributed by atoms with E-state index in [0.717, 1.165) is 32.3 Å². The first-order valence-corrected chi connectivity index (χ1v) is 4.63. The standard InChI is InChI=1S/C9H16O2/c10-9(4-5-9)7-8-3-1-2-6-11-8/h8,10H,1-7H2. The number of ether oxygens (including phenoxy) is 1. The Kier molecular flexibility index (Phi) is 1.90. The molecular formula is C9H16O2. The third-order valence-corrected chi connectivity index (χ3v) is 2.71. The first-order chi connectivity index (χ1) is 5.29. The van der Waals surface area contributed by atoms with Crippen molar-refractivity contribution in [3.05, 3.63) is 0 Å². The molecule has 1 atom stereocenters. The maximum Gasteiger partial charge on any atom is 0.0674 e. The van der Waals surface area contributed by atoms with Crippen molar-refractivity contribution in [2.75, 3.05) is 6.61 Å². The van der Waals surface area contributed by atoms with Gasteiger partial charge in [-0.05, 0) is 32.1 Å². The van der Waals surface area contributed by atoms with Crippen molar-refractivity contribution in [1.29, 1.82) is 0 Å². The third-order valence-electron chi connectivity index (χ3n) is 2.71. The molecule has 1 aliphatic heterocycles. The smallest absolute Gasteiger partial charge is 0.0674 e. The van der Waals surface area contributed by atoms with Crippen molar-refractivity contribution in [3.8, 4) is 0 Å². The van der Waals surface area contributed by atoms with Crippen molar-refractivity contribution in [2.45, 2.75) is 50.2 Å². The zero-order chi connectivity index (χ0) is 7.73. The molecule has 0 radical (unpaired) electrons. The molecule has 2 nitrogen and oxygen atoms in total. The Bertz CT molecular complexity index is 134. The van der Waals surface area contributed by atoms with Gasteiger partial charge in [-0.25, -0.2) is 0 Å². The van der Waals surface area contributed by atoms with Crippen LogP contribution in [-0.4, -0.2) is 23.4 Å². The lowest BCUT2D eigenvalue weighted by molar-refractivity contribution is -0.0214. The van der Waals surface area contributed by atoms with Crippen LogP contribution >= 0.6 is 0 Å². The van der Waals surface area contributed by atoms with Gasteiger partial charge in [-0.2, -0.15) is 0 Å². The Morgan fingerprint density at radius 3 is 2.73 bits per heavy atom. The number of aliphatic hydroxyl groups is 1. The normalized spacial score (nSPS) is 35.2. The van der Waals surface area contributed by atoms with Gasteiger partial charge in [0.1, 0.15) is 0 Å². The van der Waals surface area contributed by atoms with Crippen LogP contribution in [0.3, 0.4) is 0 Å². The van der Waals surface area contributed by atoms with E-state index in [0.29, 0.717) is 6.10 Å². The fourth-order valence-electron chi connectivity index (χ4n) is 1.74. The highest BCUT2D eigenvalue weighted by Crippen LogP contribution is 2.41. The highest BCUT2D eigenvalue weighted by molar-refractivity contribution is 4.95. The van der Waals surface area contributed by atoms with Gasteiger partial charge < -0.3 is 9.84 Å². The minimum atomic E-state index is -0.317. The van der Waals surface area contributed by atoms with Gasteiger partial charge in [0, 0.05) is 13.0 Å². The molecule has 1 saturated heterocycles. The largest absolute Gasteiger partial charge is 0.390 e. The molecule has 11 heavy (non-hydrogen) atoms. The van der Waals surface area contributed by atoms with Crippen LogP contribution in [0.4, 0.5) is 0 Å². The zero-order valence-electron chi connectivity index (χ0n) is 6.88. The van der Waals surface area contributed by atoms with Crippen molar-refractivity contribution in [2.24, 2.45) is 0 Å². The minimum absolute atomic E-state index is 0.317. The maximum atomic E-state index is 9.60. The van der Waals surface area contributed by atoms with Crippen molar-refractivity contribution in [3.63, 3.8) is 0 Å². The average molecular weight is 156 g/mol. The summed E-state index contributed by atoms with van der Waals surface area (Å²) < 4.78 is 5.53. The zero-order valence-corrected chi connectivity index (χ0v) is 6.88. The first kappa shape index (κ1) is 7.56. The van der Waals surface area contributed by atoms with E-state index in [4.69, 9.17) is 4.74 Å². The molecule has 1 unspecified atom stereocenters. The molecule has 1 saturated carbocycles. The van der Waals surface area contributed by atoms with E-state index in [1.807, 2.05) is 0 Å². The molecule has 64 valence electrons. The van der Waals surface area contributed by atoms with Gasteiger partial charge >= 0.3 is 0 Å². The van der Waals surface area contributed by atoms with Crippen molar-refractivity contribution >= 4 is 0 Å². The van der Waals surface area contributed by atoms with E-state index < -0.39 is 0 Å². The fraction of sp³-hybridized carbons (Fsp3) is 1.00. The van der Waals surface area contributed by atoms with Crippen LogP contribution in [0.15, 0.2) is 0 Å². The van der Waals surface area contributed by atoms with Crippen molar-refractivity contribution in [1.82, 2.24) is 0 Å². The van der Waals surface area contributed by atoms with Gasteiger partial charge in [0.25, 0.3) is 0 Å². The van der Waals surface area contributed by atoms with Gasteiger partial charge in [0.2, 0.25) is 0 Å². The second-order valence-corrected chi connectivity index (χ2v) is 3.92. The Balaban J connectivity index is 1.76. The number of hydrogen-bond donors (Lipinski definition) is 1. The van der Waals surface area contributed by atoms with E-state index in [9.17, 15) is 5.11 Å². The van der Waals surface area contributed by atoms with Crippen LogP contribution < -0.4 is 0 Å². The number of hydrogen-bond acceptors (Lipinski definition) is 2. The third kappa shape index (κ3) is 1.94. The summed E-state index contributed by atoms with van der Waals surface area (Å²) in [5.41, 5.74) is -0.317. The molecule has 0 aromatic carbocycles. The Morgan fingerprint density at radius 1 is 1.36 bits per heavy atom. The first-order valence-electron chi connectivity index (χ1n) is 4.63. The SMILES string of the molecule is OC1(CC2CCCCO2)CC1. The molecule has 1 aliphatic carbocycles. The van der Waals surface area contributed by atoms with E-state index >= 15 is 0 Å². The summed E-state index contributed by atoms with van der Waals surface area (Å²) in [4.78, 5) is 0. The minimum Gasteiger partial charge on any atom is -0.390 e. The van der Waals surface area contributed by atoms with E-state index in [-0.39, 0.29) is 5.60 Å². The van der Waals surface area contributed by atoms with Crippen LogP contribution in [0, 0.1) is 0 Å². The molecule has 1 N–H and O–H groups in total. The van der Waals surface area contributed by atoms with E-state index in [1.165, 1.54) is 12.8 Å². The van der Waals surface area contributed by atoms with Crippen LogP contribution in [0.1, 0.15) is 38.5 Å². The molecular weight excluding hydrogens is 140 g/mol. The molecule has 1 heterocycles. The summed E-state index contributed by atoms with van der Waals surface area (Å²) in [6, 6.07) is 0. The molecule has 2 fully saturated rings. The molecule has 0 aromatic rings. The van der Waals surface area contributed by atoms with Crippen molar-refractivity contribution < 1.29 is 9.84 Å². The fourth-order valence-corrected chi connectivity index (χ4v) is 1.74. The maximum absolute atomic E-state index is 9.60. The van der Waals surface area contributed by atoms with E-state index in [1.54, 1.807) is 0 Å². The predicted octanol–water partition coefficient (Wildman–Crippen LogP) is 1.47. The summed E-state index contributed by atoms with van der Waals surface area (Å²) >= 11 is 0. The topological polar surface area (TPSA) is 29.5 Å². The van der Waals surface area contributed by atoms with Gasteiger partial charge in [-0.15, -0.1) is 0 Å². The lowest BCUT2D eigenvalue weighted by Gasteiger charge is -2.24. The average Bonchev–Trinajstić information content (AvgIpc) is 2.70. The Morgan fingerprint density at radius 2 is 2.18 bits per heavy atom. The second-order valence-electron chi connectivity index (χ2n) is 3.92.